The van der Waals surface area contributed by atoms with Crippen molar-refractivity contribution in [1.29, 1.82) is 0 Å². The van der Waals surface area contributed by atoms with E-state index in [0.29, 0.717) is 85.6 Å². The molecule has 5 aromatic rings. The first-order chi connectivity index (χ1) is 19.4. The Morgan fingerprint density at radius 1 is 1.12 bits per heavy atom. The summed E-state index contributed by atoms with van der Waals surface area (Å²) in [6.45, 7) is 4.26. The number of hydrogen-bond acceptors (Lipinski definition) is 11. The van der Waals surface area contributed by atoms with Crippen LogP contribution in [0, 0.1) is 5.82 Å². The fourth-order valence-electron chi connectivity index (χ4n) is 4.78. The minimum Gasteiger partial charge on any atom is -0.461 e. The molecule has 0 saturated carbocycles. The van der Waals surface area contributed by atoms with Gasteiger partial charge in [0, 0.05) is 57.9 Å². The fourth-order valence-corrected chi connectivity index (χ4v) is 5.72. The van der Waals surface area contributed by atoms with E-state index in [1.165, 1.54) is 16.8 Å². The van der Waals surface area contributed by atoms with Gasteiger partial charge in [0.25, 0.3) is 5.91 Å². The topological polar surface area (TPSA) is 166 Å². The Morgan fingerprint density at radius 3 is 2.67 bits per heavy atom. The van der Waals surface area contributed by atoms with Crippen LogP contribution >= 0.6 is 11.3 Å². The maximum Gasteiger partial charge on any atom is 0.309 e. The molecule has 1 aliphatic heterocycles. The van der Waals surface area contributed by atoms with Crippen LogP contribution in [0.2, 0.25) is 0 Å². The maximum atomic E-state index is 14.8. The second-order valence-electron chi connectivity index (χ2n) is 9.33. The summed E-state index contributed by atoms with van der Waals surface area (Å²) in [5, 5.41) is 7.02. The molecule has 4 aromatic heterocycles. The van der Waals surface area contributed by atoms with E-state index in [1.807, 2.05) is 4.90 Å². The number of hydrogen-bond donors (Lipinski definition) is 3. The average molecular weight is 567 g/mol. The van der Waals surface area contributed by atoms with E-state index >= 15 is 0 Å². The number of carbonyl (C=O) groups excluding carboxylic acids is 1. The molecule has 6 rings (SSSR count). The molecule has 1 aromatic carbocycles. The summed E-state index contributed by atoms with van der Waals surface area (Å²) in [5.41, 5.74) is 13.2. The molecule has 5 N–H and O–H groups in total. The number of thiazole rings is 1. The summed E-state index contributed by atoms with van der Waals surface area (Å²) < 4.78 is 23.9. The highest BCUT2D eigenvalue weighted by atomic mass is 32.1. The molecular formula is C25H27FN10O3S. The second-order valence-corrected chi connectivity index (χ2v) is 10.3. The first kappa shape index (κ1) is 25.9. The lowest BCUT2D eigenvalue weighted by Crippen LogP contribution is -2.47. The fraction of sp³-hybridized carbons (Fsp3) is 0.320. The number of nitrogens with zero attached hydrogens (tertiary/aromatic N) is 7. The number of nitrogen functional groups attached to an aromatic ring is 1. The Balaban J connectivity index is 1.13. The van der Waals surface area contributed by atoms with Crippen molar-refractivity contribution >= 4 is 44.9 Å². The van der Waals surface area contributed by atoms with Crippen molar-refractivity contribution in [1.82, 2.24) is 34.4 Å². The van der Waals surface area contributed by atoms with Gasteiger partial charge in [-0.2, -0.15) is 9.50 Å². The number of carbonyl (C=O) groups is 1. The summed E-state index contributed by atoms with van der Waals surface area (Å²) >= 11 is 1.05. The van der Waals surface area contributed by atoms with Gasteiger partial charge >= 0.3 is 4.87 Å². The van der Waals surface area contributed by atoms with Crippen LogP contribution in [0.3, 0.4) is 0 Å². The van der Waals surface area contributed by atoms with Crippen LogP contribution in [0.4, 0.5) is 16.0 Å². The van der Waals surface area contributed by atoms with Crippen LogP contribution in [-0.4, -0.2) is 80.8 Å². The van der Waals surface area contributed by atoms with Gasteiger partial charge in [-0.3, -0.25) is 19.1 Å². The molecule has 0 spiro atoms. The van der Waals surface area contributed by atoms with Gasteiger partial charge in [0.05, 0.1) is 12.0 Å². The largest absolute Gasteiger partial charge is 0.461 e. The zero-order chi connectivity index (χ0) is 27.8. The number of anilines is 2. The van der Waals surface area contributed by atoms with Crippen LogP contribution in [0.5, 0.6) is 0 Å². The standard InChI is InChI=1S/C25H27FN10O3S/c26-16-14-15(23(37)29-6-5-27)3-4-17(16)34-10-7-33(8-11-34)9-12-35-21-19(40-25(35)38)22-30-20(18-2-1-13-39-18)32-36(22)24(28)31-21/h1-4,13-14H,5-12,27H2,(H2,28,31)(H,29,37). The molecule has 0 bridgehead atoms. The van der Waals surface area contributed by atoms with E-state index < -0.39 is 5.82 Å². The Labute approximate surface area is 230 Å². The van der Waals surface area contributed by atoms with Crippen molar-refractivity contribution in [2.45, 2.75) is 6.54 Å². The lowest BCUT2D eigenvalue weighted by atomic mass is 10.1. The normalized spacial score (nSPS) is 14.4. The van der Waals surface area contributed by atoms with Gasteiger partial charge in [-0.25, -0.2) is 9.37 Å². The molecule has 1 fully saturated rings. The highest BCUT2D eigenvalue weighted by Gasteiger charge is 2.23. The quantitative estimate of drug-likeness (QED) is 0.247. The molecule has 0 aliphatic carbocycles. The molecule has 1 aliphatic rings. The molecule has 1 saturated heterocycles. The number of amides is 1. The van der Waals surface area contributed by atoms with Crippen molar-refractivity contribution in [3.05, 3.63) is 57.6 Å². The monoisotopic (exact) mass is 566 g/mol. The predicted octanol–water partition coefficient (Wildman–Crippen LogP) is 0.993. The smallest absolute Gasteiger partial charge is 0.309 e. The maximum absolute atomic E-state index is 14.8. The van der Waals surface area contributed by atoms with Gasteiger partial charge in [0.2, 0.25) is 11.8 Å². The van der Waals surface area contributed by atoms with Crippen LogP contribution in [0.1, 0.15) is 10.4 Å². The SMILES string of the molecule is NCCNC(=O)c1ccc(N2CCN(CCn3c(=O)sc4c3nc(N)n3nc(-c5ccco5)nc43)CC2)c(F)c1. The summed E-state index contributed by atoms with van der Waals surface area (Å²) in [6, 6.07) is 8.00. The van der Waals surface area contributed by atoms with E-state index in [2.05, 4.69) is 25.3 Å². The molecule has 0 unspecified atom stereocenters. The average Bonchev–Trinajstić information content (AvgIpc) is 3.70. The first-order valence-corrected chi connectivity index (χ1v) is 13.6. The lowest BCUT2D eigenvalue weighted by molar-refractivity contribution is 0.0954. The predicted molar refractivity (Wildman–Crippen MR) is 149 cm³/mol. The number of halogens is 1. The zero-order valence-electron chi connectivity index (χ0n) is 21.4. The molecule has 13 nitrogen and oxygen atoms in total. The van der Waals surface area contributed by atoms with E-state index in [9.17, 15) is 14.0 Å². The third kappa shape index (κ3) is 4.78. The molecule has 1 amide bonds. The third-order valence-corrected chi connectivity index (χ3v) is 7.81. The molecule has 15 heteroatoms. The molecule has 40 heavy (non-hydrogen) atoms. The van der Waals surface area contributed by atoms with Gasteiger partial charge in [0.1, 0.15) is 10.5 Å². The van der Waals surface area contributed by atoms with Crippen molar-refractivity contribution in [3.8, 4) is 11.6 Å². The Morgan fingerprint density at radius 2 is 1.95 bits per heavy atom. The van der Waals surface area contributed by atoms with E-state index in [-0.39, 0.29) is 22.3 Å². The molecule has 208 valence electrons. The third-order valence-electron chi connectivity index (χ3n) is 6.85. The number of benzene rings is 1. The van der Waals surface area contributed by atoms with E-state index in [4.69, 9.17) is 15.9 Å². The minimum absolute atomic E-state index is 0.123. The highest BCUT2D eigenvalue weighted by Crippen LogP contribution is 2.26. The lowest BCUT2D eigenvalue weighted by Gasteiger charge is -2.36. The summed E-state index contributed by atoms with van der Waals surface area (Å²) in [4.78, 5) is 38.0. The van der Waals surface area contributed by atoms with Gasteiger partial charge in [-0.15, -0.1) is 5.10 Å². The van der Waals surface area contributed by atoms with E-state index in [1.54, 1.807) is 28.8 Å². The van der Waals surface area contributed by atoms with Crippen molar-refractivity contribution in [3.63, 3.8) is 0 Å². The van der Waals surface area contributed by atoms with Crippen LogP contribution in [0.15, 0.2) is 45.8 Å². The highest BCUT2D eigenvalue weighted by molar-refractivity contribution is 7.17. The first-order valence-electron chi connectivity index (χ1n) is 12.8. The number of furan rings is 1. The number of piperazine rings is 1. The minimum atomic E-state index is -0.441. The molecule has 0 radical (unpaired) electrons. The van der Waals surface area contributed by atoms with Crippen molar-refractivity contribution in [2.75, 3.05) is 56.4 Å². The molecule has 0 atom stereocenters. The van der Waals surface area contributed by atoms with E-state index in [0.717, 1.165) is 11.3 Å². The van der Waals surface area contributed by atoms with Gasteiger partial charge in [-0.1, -0.05) is 11.3 Å². The number of nitrogens with two attached hydrogens (primary N) is 2. The second kappa shape index (κ2) is 10.7. The molecular weight excluding hydrogens is 539 g/mol. The Hall–Kier alpha value is -4.34. The van der Waals surface area contributed by atoms with Gasteiger partial charge in [0.15, 0.2) is 17.1 Å². The number of aromatic nitrogens is 5. The Kier molecular flexibility index (Phi) is 6.91. The summed E-state index contributed by atoms with van der Waals surface area (Å²) in [5.74, 6) is 0.181. The Bertz CT molecular complexity index is 1740. The van der Waals surface area contributed by atoms with Gasteiger partial charge < -0.3 is 26.1 Å². The van der Waals surface area contributed by atoms with Gasteiger partial charge in [-0.05, 0) is 30.3 Å². The number of fused-ring (bicyclic) bond motifs is 3. The number of nitrogens with one attached hydrogen (secondary N) is 1. The number of rotatable bonds is 8. The van der Waals surface area contributed by atoms with Crippen molar-refractivity contribution < 1.29 is 13.6 Å². The molecule has 5 heterocycles. The van der Waals surface area contributed by atoms with Crippen LogP contribution < -0.4 is 26.6 Å². The zero-order valence-corrected chi connectivity index (χ0v) is 22.2. The van der Waals surface area contributed by atoms with Crippen LogP contribution in [-0.2, 0) is 6.54 Å². The summed E-state index contributed by atoms with van der Waals surface area (Å²) in [6.07, 6.45) is 1.53. The van der Waals surface area contributed by atoms with Crippen LogP contribution in [0.25, 0.3) is 27.6 Å². The summed E-state index contributed by atoms with van der Waals surface area (Å²) in [7, 11) is 0. The van der Waals surface area contributed by atoms with Crippen molar-refractivity contribution in [2.24, 2.45) is 5.73 Å².